The molecule has 0 spiro atoms. The molecule has 0 aliphatic heterocycles. The fourth-order valence-corrected chi connectivity index (χ4v) is 6.47. The van der Waals surface area contributed by atoms with Crippen LogP contribution in [0.15, 0.2) is 114 Å². The van der Waals surface area contributed by atoms with Crippen LogP contribution in [0.25, 0.3) is 0 Å². The number of carbonyl (C=O) groups excluding carboxylic acids is 2. The van der Waals surface area contributed by atoms with Crippen molar-refractivity contribution in [2.24, 2.45) is 5.92 Å². The topological polar surface area (TPSA) is 96.0 Å². The highest BCUT2D eigenvalue weighted by Gasteiger charge is 2.35. The Labute approximate surface area is 273 Å². The van der Waals surface area contributed by atoms with Gasteiger partial charge < -0.3 is 15.0 Å². The molecule has 1 atom stereocenters. The second-order valence-corrected chi connectivity index (χ2v) is 13.4. The van der Waals surface area contributed by atoms with Crippen molar-refractivity contribution < 1.29 is 22.7 Å². The van der Waals surface area contributed by atoms with Crippen molar-refractivity contribution in [3.8, 4) is 5.75 Å². The van der Waals surface area contributed by atoms with Crippen molar-refractivity contribution in [1.82, 2.24) is 10.2 Å². The Balaban J connectivity index is 1.82. The summed E-state index contributed by atoms with van der Waals surface area (Å²) in [6.45, 7) is 8.00. The molecule has 1 N–H and O–H groups in total. The average molecular weight is 642 g/mol. The van der Waals surface area contributed by atoms with Gasteiger partial charge in [-0.05, 0) is 55.2 Å². The zero-order valence-electron chi connectivity index (χ0n) is 26.9. The Morgan fingerprint density at radius 1 is 0.804 bits per heavy atom. The molecule has 46 heavy (non-hydrogen) atoms. The molecule has 242 valence electrons. The van der Waals surface area contributed by atoms with Crippen LogP contribution in [0.4, 0.5) is 5.69 Å². The minimum atomic E-state index is -4.23. The number of aryl methyl sites for hydroxylation is 1. The lowest BCUT2D eigenvalue weighted by molar-refractivity contribution is -0.140. The average Bonchev–Trinajstić information content (AvgIpc) is 3.05. The lowest BCUT2D eigenvalue weighted by Crippen LogP contribution is -2.53. The summed E-state index contributed by atoms with van der Waals surface area (Å²) in [4.78, 5) is 30.0. The van der Waals surface area contributed by atoms with Crippen LogP contribution < -0.4 is 14.4 Å². The zero-order valence-corrected chi connectivity index (χ0v) is 27.7. The quantitative estimate of drug-likeness (QED) is 0.172. The van der Waals surface area contributed by atoms with Crippen molar-refractivity contribution in [3.63, 3.8) is 0 Å². The van der Waals surface area contributed by atoms with Crippen LogP contribution in [0.3, 0.4) is 0 Å². The number of ether oxygens (including phenoxy) is 1. The van der Waals surface area contributed by atoms with Gasteiger partial charge in [0.05, 0.1) is 17.2 Å². The zero-order chi connectivity index (χ0) is 33.1. The van der Waals surface area contributed by atoms with Gasteiger partial charge in [0.1, 0.15) is 18.3 Å². The van der Waals surface area contributed by atoms with Gasteiger partial charge >= 0.3 is 0 Å². The highest BCUT2D eigenvalue weighted by Crippen LogP contribution is 2.33. The summed E-state index contributed by atoms with van der Waals surface area (Å²) in [7, 11) is -4.23. The number of rotatable bonds is 15. The Morgan fingerprint density at radius 3 is 2.00 bits per heavy atom. The third-order valence-electron chi connectivity index (χ3n) is 7.47. The van der Waals surface area contributed by atoms with Gasteiger partial charge in [0.2, 0.25) is 11.8 Å². The maximum absolute atomic E-state index is 14.6. The summed E-state index contributed by atoms with van der Waals surface area (Å²) in [6, 6.07) is 31.3. The summed E-state index contributed by atoms with van der Waals surface area (Å²) in [5.41, 5.74) is 2.83. The molecule has 4 rings (SSSR count). The van der Waals surface area contributed by atoms with E-state index in [9.17, 15) is 18.0 Å². The first kappa shape index (κ1) is 34.2. The summed E-state index contributed by atoms with van der Waals surface area (Å²) < 4.78 is 35.5. The molecular formula is C37H43N3O5S. The molecule has 2 amide bonds. The van der Waals surface area contributed by atoms with E-state index in [1.807, 2.05) is 88.4 Å². The molecule has 0 aliphatic rings. The SMILES string of the molecule is CCOc1ccccc1N(CC(=O)N(Cc1ccccc1)[C@H](Cc1ccccc1)C(=O)NCC(C)C)S(=O)(=O)c1ccc(C)cc1. The van der Waals surface area contributed by atoms with Crippen LogP contribution in [0, 0.1) is 12.8 Å². The molecule has 0 aliphatic carbocycles. The summed E-state index contributed by atoms with van der Waals surface area (Å²) in [5.74, 6) is -0.292. The third-order valence-corrected chi connectivity index (χ3v) is 9.25. The number of hydrogen-bond donors (Lipinski definition) is 1. The molecule has 9 heteroatoms. The van der Waals surface area contributed by atoms with Crippen LogP contribution in [-0.4, -0.2) is 50.9 Å². The van der Waals surface area contributed by atoms with Crippen LogP contribution in [0.1, 0.15) is 37.5 Å². The number of hydrogen-bond acceptors (Lipinski definition) is 5. The van der Waals surface area contributed by atoms with Gasteiger partial charge in [-0.25, -0.2) is 8.42 Å². The Morgan fingerprint density at radius 2 is 1.39 bits per heavy atom. The van der Waals surface area contributed by atoms with E-state index in [0.29, 0.717) is 18.9 Å². The van der Waals surface area contributed by atoms with E-state index in [-0.39, 0.29) is 35.4 Å². The number of nitrogens with one attached hydrogen (secondary N) is 1. The van der Waals surface area contributed by atoms with Crippen LogP contribution in [0.2, 0.25) is 0 Å². The highest BCUT2D eigenvalue weighted by molar-refractivity contribution is 7.92. The van der Waals surface area contributed by atoms with Crippen LogP contribution in [0.5, 0.6) is 5.75 Å². The van der Waals surface area contributed by atoms with Crippen LogP contribution in [-0.2, 0) is 32.6 Å². The summed E-state index contributed by atoms with van der Waals surface area (Å²) in [5, 5.41) is 3.01. The summed E-state index contributed by atoms with van der Waals surface area (Å²) >= 11 is 0. The number of nitrogens with zero attached hydrogens (tertiary/aromatic N) is 2. The fraction of sp³-hybridized carbons (Fsp3) is 0.297. The summed E-state index contributed by atoms with van der Waals surface area (Å²) in [6.07, 6.45) is 0.254. The van der Waals surface area contributed by atoms with Gasteiger partial charge in [0.25, 0.3) is 10.0 Å². The van der Waals surface area contributed by atoms with E-state index in [0.717, 1.165) is 21.0 Å². The van der Waals surface area contributed by atoms with Crippen molar-refractivity contribution >= 4 is 27.5 Å². The minimum Gasteiger partial charge on any atom is -0.492 e. The second-order valence-electron chi connectivity index (χ2n) is 11.6. The molecule has 0 aromatic heterocycles. The number of para-hydroxylation sites is 2. The maximum atomic E-state index is 14.6. The molecule has 4 aromatic rings. The van der Waals surface area contributed by atoms with Gasteiger partial charge in [-0.3, -0.25) is 13.9 Å². The van der Waals surface area contributed by atoms with Gasteiger partial charge in [-0.15, -0.1) is 0 Å². The maximum Gasteiger partial charge on any atom is 0.264 e. The number of anilines is 1. The van der Waals surface area contributed by atoms with E-state index in [4.69, 9.17) is 4.74 Å². The predicted octanol–water partition coefficient (Wildman–Crippen LogP) is 6.00. The second kappa shape index (κ2) is 16.1. The van der Waals surface area contributed by atoms with Gasteiger partial charge in [0, 0.05) is 19.5 Å². The normalized spacial score (nSPS) is 11.9. The molecule has 0 radical (unpaired) electrons. The smallest absolute Gasteiger partial charge is 0.264 e. The molecule has 0 heterocycles. The number of carbonyl (C=O) groups is 2. The third kappa shape index (κ3) is 8.97. The first-order valence-corrected chi connectivity index (χ1v) is 17.0. The molecular weight excluding hydrogens is 598 g/mol. The Bertz CT molecular complexity index is 1680. The van der Waals surface area contributed by atoms with E-state index in [1.165, 1.54) is 17.0 Å². The molecule has 0 saturated carbocycles. The van der Waals surface area contributed by atoms with E-state index < -0.39 is 28.5 Å². The number of amides is 2. The van der Waals surface area contributed by atoms with Crippen molar-refractivity contribution in [3.05, 3.63) is 126 Å². The van der Waals surface area contributed by atoms with E-state index >= 15 is 0 Å². The molecule has 4 aromatic carbocycles. The van der Waals surface area contributed by atoms with Crippen molar-refractivity contribution in [1.29, 1.82) is 0 Å². The number of benzene rings is 4. The van der Waals surface area contributed by atoms with Crippen molar-refractivity contribution in [2.75, 3.05) is 24.0 Å². The van der Waals surface area contributed by atoms with Crippen LogP contribution >= 0.6 is 0 Å². The molecule has 0 saturated heterocycles. The van der Waals surface area contributed by atoms with Crippen molar-refractivity contribution in [2.45, 2.75) is 51.6 Å². The van der Waals surface area contributed by atoms with E-state index in [2.05, 4.69) is 5.32 Å². The predicted molar refractivity (Wildman–Crippen MR) is 182 cm³/mol. The van der Waals surface area contributed by atoms with Gasteiger partial charge in [-0.2, -0.15) is 0 Å². The Hall–Kier alpha value is -4.63. The Kier molecular flexibility index (Phi) is 12.0. The molecule has 0 unspecified atom stereocenters. The highest BCUT2D eigenvalue weighted by atomic mass is 32.2. The first-order chi connectivity index (χ1) is 22.1. The lowest BCUT2D eigenvalue weighted by Gasteiger charge is -2.34. The molecule has 0 fully saturated rings. The molecule has 0 bridgehead atoms. The molecule has 8 nitrogen and oxygen atoms in total. The number of sulfonamides is 1. The lowest BCUT2D eigenvalue weighted by atomic mass is 10.0. The van der Waals surface area contributed by atoms with Gasteiger partial charge in [0.15, 0.2) is 0 Å². The van der Waals surface area contributed by atoms with E-state index in [1.54, 1.807) is 36.4 Å². The fourth-order valence-electron chi connectivity index (χ4n) is 5.05. The van der Waals surface area contributed by atoms with Gasteiger partial charge in [-0.1, -0.05) is 104 Å². The first-order valence-electron chi connectivity index (χ1n) is 15.6. The minimum absolute atomic E-state index is 0.0438. The largest absolute Gasteiger partial charge is 0.492 e. The monoisotopic (exact) mass is 641 g/mol. The standard InChI is InChI=1S/C37H43N3O5S/c1-5-45-35-19-13-12-18-33(35)40(46(43,44)32-22-20-29(4)21-23-32)27-36(41)39(26-31-16-10-7-11-17-31)34(37(42)38-25-28(2)3)24-30-14-8-6-9-15-30/h6-23,28,34H,5,24-27H2,1-4H3,(H,38,42)/t34-/m1/s1.